The largest absolute Gasteiger partial charge is 0.508 e. The lowest BCUT2D eigenvalue weighted by Gasteiger charge is -2.08. The van der Waals surface area contributed by atoms with Crippen molar-refractivity contribution >= 4 is 18.1 Å². The summed E-state index contributed by atoms with van der Waals surface area (Å²) in [7, 11) is 0. The maximum absolute atomic E-state index is 10.8. The van der Waals surface area contributed by atoms with Crippen LogP contribution < -0.4 is 0 Å². The van der Waals surface area contributed by atoms with Gasteiger partial charge in [-0.25, -0.2) is 4.79 Å². The number of carbonyl (C=O) groups excluding carboxylic acids is 1. The van der Waals surface area contributed by atoms with Crippen molar-refractivity contribution in [2.24, 2.45) is 11.8 Å². The highest BCUT2D eigenvalue weighted by atomic mass is 16.7. The number of carbonyl (C=O) groups is 3. The summed E-state index contributed by atoms with van der Waals surface area (Å²) >= 11 is 0. The molecule has 0 unspecified atom stereocenters. The second-order valence-electron chi connectivity index (χ2n) is 5.65. The summed E-state index contributed by atoms with van der Waals surface area (Å²) in [5, 5.41) is 16.3. The first-order valence-corrected chi connectivity index (χ1v) is 7.38. The van der Waals surface area contributed by atoms with E-state index in [2.05, 4.69) is 0 Å². The van der Waals surface area contributed by atoms with Gasteiger partial charge in [-0.2, -0.15) is 0 Å². The Morgan fingerprint density at radius 3 is 1.32 bits per heavy atom. The van der Waals surface area contributed by atoms with Crippen LogP contribution in [0.25, 0.3) is 0 Å². The van der Waals surface area contributed by atoms with E-state index in [-0.39, 0.29) is 12.8 Å². The predicted molar refractivity (Wildman–Crippen MR) is 80.7 cm³/mol. The van der Waals surface area contributed by atoms with Gasteiger partial charge < -0.3 is 19.7 Å². The number of carboxylic acid groups (broad SMARTS) is 2. The molecule has 7 heteroatoms. The van der Waals surface area contributed by atoms with Crippen LogP contribution in [0.15, 0.2) is 0 Å². The Hall–Kier alpha value is -1.79. The van der Waals surface area contributed by atoms with Gasteiger partial charge in [-0.1, -0.05) is 27.7 Å². The molecule has 0 aliphatic carbocycles. The lowest BCUT2D eigenvalue weighted by molar-refractivity contribution is -0.139. The van der Waals surface area contributed by atoms with E-state index in [0.717, 1.165) is 0 Å². The quantitative estimate of drug-likeness (QED) is 0.496. The fraction of sp³-hybridized carbons (Fsp3) is 0.800. The van der Waals surface area contributed by atoms with Crippen molar-refractivity contribution in [1.29, 1.82) is 0 Å². The molecular weight excluding hydrogens is 292 g/mol. The Morgan fingerprint density at radius 2 is 1.09 bits per heavy atom. The summed E-state index contributed by atoms with van der Waals surface area (Å²) in [4.78, 5) is 30.6. The highest BCUT2D eigenvalue weighted by Gasteiger charge is 2.05. The van der Waals surface area contributed by atoms with Gasteiger partial charge >= 0.3 is 18.1 Å². The fourth-order valence-electron chi connectivity index (χ4n) is 1.06. The molecule has 0 radical (unpaired) electrons. The molecule has 0 rings (SSSR count). The lowest BCUT2D eigenvalue weighted by Crippen LogP contribution is -2.14. The first kappa shape index (κ1) is 22.5. The number of rotatable bonds is 9. The van der Waals surface area contributed by atoms with Crippen molar-refractivity contribution in [2.75, 3.05) is 13.2 Å². The van der Waals surface area contributed by atoms with Crippen LogP contribution >= 0.6 is 0 Å². The van der Waals surface area contributed by atoms with Gasteiger partial charge in [-0.3, -0.25) is 9.59 Å². The lowest BCUT2D eigenvalue weighted by atomic mass is 10.2. The van der Waals surface area contributed by atoms with Gasteiger partial charge in [0.05, 0.1) is 13.2 Å². The van der Waals surface area contributed by atoms with Crippen molar-refractivity contribution in [1.82, 2.24) is 0 Å². The molecule has 0 aliphatic rings. The number of unbranched alkanes of at least 4 members (excludes halogenated alkanes) is 1. The van der Waals surface area contributed by atoms with Gasteiger partial charge in [-0.05, 0) is 24.7 Å². The number of hydrogen-bond donors (Lipinski definition) is 2. The molecule has 7 nitrogen and oxygen atoms in total. The molecule has 0 saturated heterocycles. The molecule has 130 valence electrons. The smallest absolute Gasteiger partial charge is 0.481 e. The van der Waals surface area contributed by atoms with Gasteiger partial charge in [0.1, 0.15) is 0 Å². The maximum atomic E-state index is 10.8. The summed E-state index contributed by atoms with van der Waals surface area (Å²) < 4.78 is 9.59. The van der Waals surface area contributed by atoms with E-state index in [1.54, 1.807) is 0 Å². The molecule has 0 aliphatic heterocycles. The fourth-order valence-corrected chi connectivity index (χ4v) is 1.06. The summed E-state index contributed by atoms with van der Waals surface area (Å²) in [6, 6.07) is 0. The van der Waals surface area contributed by atoms with E-state index in [1.807, 2.05) is 27.7 Å². The van der Waals surface area contributed by atoms with Gasteiger partial charge in [0.2, 0.25) is 0 Å². The minimum absolute atomic E-state index is 0.0628. The number of aliphatic carboxylic acids is 2. The Kier molecular flexibility index (Phi) is 14.5. The second kappa shape index (κ2) is 14.2. The monoisotopic (exact) mass is 320 g/mol. The van der Waals surface area contributed by atoms with Crippen LogP contribution in [0.2, 0.25) is 0 Å². The van der Waals surface area contributed by atoms with Crippen LogP contribution in [0.3, 0.4) is 0 Å². The first-order chi connectivity index (χ1) is 10.1. The topological polar surface area (TPSA) is 110 Å². The Bertz CT molecular complexity index is 294. The average Bonchev–Trinajstić information content (AvgIpc) is 2.39. The molecule has 0 atom stereocenters. The van der Waals surface area contributed by atoms with Crippen LogP contribution in [0.1, 0.15) is 53.4 Å². The summed E-state index contributed by atoms with van der Waals surface area (Å²) in [5.41, 5.74) is 0. The number of hydrogen-bond acceptors (Lipinski definition) is 5. The van der Waals surface area contributed by atoms with Gasteiger partial charge in [0, 0.05) is 12.8 Å². The normalized spacial score (nSPS) is 9.91. The molecule has 0 aromatic rings. The van der Waals surface area contributed by atoms with Gasteiger partial charge in [0.15, 0.2) is 0 Å². The van der Waals surface area contributed by atoms with Crippen LogP contribution in [-0.4, -0.2) is 41.5 Å². The molecule has 0 amide bonds. The van der Waals surface area contributed by atoms with Crippen LogP contribution in [0.4, 0.5) is 4.79 Å². The van der Waals surface area contributed by atoms with E-state index < -0.39 is 18.1 Å². The van der Waals surface area contributed by atoms with Crippen LogP contribution in [-0.2, 0) is 19.1 Å². The van der Waals surface area contributed by atoms with Crippen LogP contribution in [0, 0.1) is 11.8 Å². The molecule has 0 fully saturated rings. The number of ether oxygens (including phenoxy) is 2. The average molecular weight is 320 g/mol. The van der Waals surface area contributed by atoms with Crippen molar-refractivity contribution < 1.29 is 34.1 Å². The summed E-state index contributed by atoms with van der Waals surface area (Å²) in [6.07, 6.45) is 0.460. The van der Waals surface area contributed by atoms with Gasteiger partial charge in [-0.15, -0.1) is 0 Å². The van der Waals surface area contributed by atoms with E-state index in [1.165, 1.54) is 0 Å². The molecule has 0 saturated carbocycles. The van der Waals surface area contributed by atoms with Crippen molar-refractivity contribution in [3.05, 3.63) is 0 Å². The molecule has 0 heterocycles. The summed E-state index contributed by atoms with van der Waals surface area (Å²) in [6.45, 7) is 8.78. The highest BCUT2D eigenvalue weighted by molar-refractivity contribution is 5.67. The van der Waals surface area contributed by atoms with Crippen molar-refractivity contribution in [2.45, 2.75) is 53.4 Å². The molecule has 22 heavy (non-hydrogen) atoms. The highest BCUT2D eigenvalue weighted by Crippen LogP contribution is 1.99. The van der Waals surface area contributed by atoms with E-state index in [0.29, 0.717) is 37.9 Å². The predicted octanol–water partition coefficient (Wildman–Crippen LogP) is 3.17. The standard InChI is InChI=1S/C9H18O3.C6H10O4/c1-7(2)5-11-9(10)12-6-8(3)4;7-5(8)3-1-2-4-6(9)10/h7-8H,5-6H2,1-4H3;1-4H2,(H,7,8)(H,9,10). The molecule has 0 bridgehead atoms. The Labute approximate surface area is 131 Å². The third-order valence-corrected chi connectivity index (χ3v) is 2.10. The van der Waals surface area contributed by atoms with E-state index >= 15 is 0 Å². The third kappa shape index (κ3) is 23.3. The van der Waals surface area contributed by atoms with E-state index in [4.69, 9.17) is 19.7 Å². The zero-order chi connectivity index (χ0) is 17.5. The first-order valence-electron chi connectivity index (χ1n) is 7.38. The van der Waals surface area contributed by atoms with Crippen molar-refractivity contribution in [3.8, 4) is 0 Å². The van der Waals surface area contributed by atoms with Crippen molar-refractivity contribution in [3.63, 3.8) is 0 Å². The summed E-state index contributed by atoms with van der Waals surface area (Å²) in [5.74, 6) is -1.02. The molecule has 0 spiro atoms. The zero-order valence-corrected chi connectivity index (χ0v) is 13.8. The molecule has 2 N–H and O–H groups in total. The Morgan fingerprint density at radius 1 is 0.773 bits per heavy atom. The SMILES string of the molecule is CC(C)COC(=O)OCC(C)C.O=C(O)CCCCC(=O)O. The molecule has 0 aromatic heterocycles. The zero-order valence-electron chi connectivity index (χ0n) is 13.8. The maximum Gasteiger partial charge on any atom is 0.508 e. The molecular formula is C15H28O7. The number of carboxylic acids is 2. The minimum atomic E-state index is -0.870. The third-order valence-electron chi connectivity index (χ3n) is 2.10. The van der Waals surface area contributed by atoms with Gasteiger partial charge in [0.25, 0.3) is 0 Å². The molecule has 0 aromatic carbocycles. The minimum Gasteiger partial charge on any atom is -0.481 e. The van der Waals surface area contributed by atoms with Crippen LogP contribution in [0.5, 0.6) is 0 Å². The second-order valence-corrected chi connectivity index (χ2v) is 5.65. The Balaban J connectivity index is 0. The van der Waals surface area contributed by atoms with E-state index in [9.17, 15) is 14.4 Å².